The van der Waals surface area contributed by atoms with Crippen LogP contribution in [0.5, 0.6) is 0 Å². The second kappa shape index (κ2) is 27.3. The minimum Gasteiger partial charge on any atom is -0.377 e. The largest absolute Gasteiger partial charge is 1.00 e. The van der Waals surface area contributed by atoms with Gasteiger partial charge in [-0.2, -0.15) is 127 Å². The van der Waals surface area contributed by atoms with Crippen LogP contribution < -0.4 is 51.4 Å². The molecule has 3 heterocycles. The van der Waals surface area contributed by atoms with Gasteiger partial charge in [-0.25, -0.2) is 0 Å². The Bertz CT molecular complexity index is 2170. The molecule has 448 valence electrons. The van der Waals surface area contributed by atoms with E-state index in [1.165, 1.54) is 0 Å². The molecule has 7 rings (SSSR count). The first-order chi connectivity index (χ1) is 36.7. The predicted octanol–water partition coefficient (Wildman–Crippen LogP) is 7.95. The van der Waals surface area contributed by atoms with Gasteiger partial charge in [-0.1, -0.05) is 48.5 Å². The number of benzene rings is 4. The van der Waals surface area contributed by atoms with Crippen molar-refractivity contribution in [3.05, 3.63) is 117 Å². The molecule has 35 heteroatoms. The fourth-order valence-electron chi connectivity index (χ4n) is 7.89. The van der Waals surface area contributed by atoms with E-state index in [2.05, 4.69) is 0 Å². The van der Waals surface area contributed by atoms with Crippen molar-refractivity contribution in [1.82, 2.24) is 0 Å². The molecule has 2 bridgehead atoms. The van der Waals surface area contributed by atoms with E-state index >= 15 is 0 Å². The SMILES string of the molecule is C1COC2OCCOCCOC(OCCO1)OCCOCCO2.FC(F)(F)c1cc([B-](c2cc(C(F)(F)F)cc(C(F)(F)F)c2)(c2cc(C(F)(F)F)cc(C(F)(F)F)c2)c2cc(C(F)(F)F)cc(C(F)(F)F)c2)cc(C(F)(F)F)c1.[Na+]. The van der Waals surface area contributed by atoms with Gasteiger partial charge in [-0.3, -0.25) is 0 Å². The minimum atomic E-state index is -6.13. The van der Waals surface area contributed by atoms with Crippen LogP contribution in [-0.2, 0) is 92.0 Å². The van der Waals surface area contributed by atoms with Crippen LogP contribution in [0.2, 0.25) is 0 Å². The van der Waals surface area contributed by atoms with Crippen molar-refractivity contribution in [2.45, 2.75) is 62.4 Å². The molecule has 9 nitrogen and oxygen atoms in total. The second-order valence-electron chi connectivity index (χ2n) is 16.9. The second-order valence-corrected chi connectivity index (χ2v) is 16.9. The van der Waals surface area contributed by atoms with E-state index in [9.17, 15) is 105 Å². The molecule has 0 amide bonds. The van der Waals surface area contributed by atoms with E-state index in [1.54, 1.807) is 0 Å². The minimum absolute atomic E-state index is 0. The van der Waals surface area contributed by atoms with Crippen LogP contribution in [0.15, 0.2) is 72.8 Å². The average Bonchev–Trinajstić information content (AvgIpc) is 3.32. The molecule has 0 radical (unpaired) electrons. The molecule has 0 unspecified atom stereocenters. The third kappa shape index (κ3) is 19.5. The number of ether oxygens (including phenoxy) is 9. The van der Waals surface area contributed by atoms with Crippen molar-refractivity contribution in [3.8, 4) is 0 Å². The standard InChI is InChI=1S/C32H12BF24.C14H26O9.Na/c34-25(35,36)13-1-14(26(37,38)39)6-21(5-13)33(22-7-15(27(40,41)42)2-16(8-22)28(43,44)45,23-9-17(29(46,47)48)3-18(10-23)30(49,50)51)24-11-19(31(52,53)54)4-20(12-24)32(55,56)57;1-7-18-13-20-9-3-16-5-11-22-14(19-8-2-15-1)23-12-6-17-4-10-21-13;/h1-12H;13-14H,1-12H2;/q-1;;+1. The predicted molar refractivity (Wildman–Crippen MR) is 226 cm³/mol. The van der Waals surface area contributed by atoms with Gasteiger partial charge in [-0.15, -0.1) is 0 Å². The summed E-state index contributed by atoms with van der Waals surface area (Å²) in [4.78, 5) is 0. The van der Waals surface area contributed by atoms with Gasteiger partial charge in [0.25, 0.3) is 13.0 Å². The fraction of sp³-hybridized carbons (Fsp3) is 0.478. The molecule has 0 aromatic heterocycles. The van der Waals surface area contributed by atoms with E-state index in [0.29, 0.717) is 79.3 Å². The summed E-state index contributed by atoms with van der Waals surface area (Å²) in [6.45, 7) is 3.02. The summed E-state index contributed by atoms with van der Waals surface area (Å²) in [6, 6.07) is -8.81. The monoisotopic (exact) mass is 1220 g/mol. The zero-order valence-corrected chi connectivity index (χ0v) is 42.9. The van der Waals surface area contributed by atoms with Gasteiger partial charge in [0.15, 0.2) is 0 Å². The number of alkyl halides is 24. The number of halogens is 24. The maximum atomic E-state index is 14.2. The fourth-order valence-corrected chi connectivity index (χ4v) is 7.89. The summed E-state index contributed by atoms with van der Waals surface area (Å²) in [5, 5.41) is 0. The molecule has 3 aliphatic rings. The molecule has 4 aromatic rings. The molecular weight excluding hydrogens is 1190 g/mol. The quantitative estimate of drug-likeness (QED) is 0.115. The van der Waals surface area contributed by atoms with Crippen molar-refractivity contribution >= 4 is 28.0 Å². The molecule has 0 spiro atoms. The van der Waals surface area contributed by atoms with E-state index in [1.807, 2.05) is 0 Å². The van der Waals surface area contributed by atoms with Gasteiger partial charge in [0, 0.05) is 0 Å². The van der Waals surface area contributed by atoms with E-state index in [-0.39, 0.29) is 29.6 Å². The third-order valence-electron chi connectivity index (χ3n) is 11.3. The van der Waals surface area contributed by atoms with Crippen molar-refractivity contribution in [2.75, 3.05) is 79.3 Å². The molecule has 3 fully saturated rings. The maximum Gasteiger partial charge on any atom is 1.00 e. The number of rotatable bonds is 4. The van der Waals surface area contributed by atoms with Gasteiger partial charge in [-0.05, 0) is 24.3 Å². The molecule has 0 N–H and O–H groups in total. The molecule has 0 saturated carbocycles. The Morgan fingerprint density at radius 2 is 0.370 bits per heavy atom. The summed E-state index contributed by atoms with van der Waals surface area (Å²) >= 11 is 0. The van der Waals surface area contributed by atoms with Crippen molar-refractivity contribution in [2.24, 2.45) is 0 Å². The Morgan fingerprint density at radius 1 is 0.235 bits per heavy atom. The Kier molecular flexibility index (Phi) is 23.4. The van der Waals surface area contributed by atoms with Gasteiger partial charge < -0.3 is 42.6 Å². The van der Waals surface area contributed by atoms with E-state index < -0.39 is 208 Å². The molecule has 0 atom stereocenters. The molecule has 81 heavy (non-hydrogen) atoms. The molecule has 3 aliphatic heterocycles. The summed E-state index contributed by atoms with van der Waals surface area (Å²) in [7, 11) is 0. The Hall–Kier alpha value is -4.10. The maximum absolute atomic E-state index is 14.2. The Balaban J connectivity index is 0.000000490. The van der Waals surface area contributed by atoms with Gasteiger partial charge in [0.2, 0.25) is 0 Å². The Labute approximate surface area is 463 Å². The van der Waals surface area contributed by atoms with Crippen molar-refractivity contribution in [3.63, 3.8) is 0 Å². The normalized spacial score (nSPS) is 19.0. The van der Waals surface area contributed by atoms with Crippen LogP contribution in [0.1, 0.15) is 44.5 Å². The zero-order valence-electron chi connectivity index (χ0n) is 40.9. The smallest absolute Gasteiger partial charge is 0.377 e. The van der Waals surface area contributed by atoms with Gasteiger partial charge in [0.1, 0.15) is 6.15 Å². The van der Waals surface area contributed by atoms with Crippen LogP contribution in [0.4, 0.5) is 105 Å². The first-order valence-corrected chi connectivity index (χ1v) is 22.5. The van der Waals surface area contributed by atoms with Crippen molar-refractivity contribution in [1.29, 1.82) is 0 Å². The van der Waals surface area contributed by atoms with Crippen LogP contribution in [0.3, 0.4) is 0 Å². The zero-order chi connectivity index (χ0) is 59.9. The molecule has 3 saturated heterocycles. The van der Waals surface area contributed by atoms with Crippen LogP contribution in [0.25, 0.3) is 0 Å². The van der Waals surface area contributed by atoms with Gasteiger partial charge in [0.05, 0.1) is 124 Å². The Morgan fingerprint density at radius 3 is 0.494 bits per heavy atom. The molecular formula is C46H38BF24NaO9. The third-order valence-corrected chi connectivity index (χ3v) is 11.3. The topological polar surface area (TPSA) is 83.1 Å². The number of hydrogen-bond acceptors (Lipinski definition) is 9. The summed E-state index contributed by atoms with van der Waals surface area (Å²) in [5.74, 6) is 0. The summed E-state index contributed by atoms with van der Waals surface area (Å²) < 4.78 is 390. The van der Waals surface area contributed by atoms with Gasteiger partial charge >= 0.3 is 79.0 Å². The average molecular weight is 1220 g/mol. The first-order valence-electron chi connectivity index (χ1n) is 22.5. The number of fused-ring (bicyclic) bond motifs is 18. The number of hydrogen-bond donors (Lipinski definition) is 0. The summed E-state index contributed by atoms with van der Waals surface area (Å²) in [6.07, 6.45) is -54.8. The summed E-state index contributed by atoms with van der Waals surface area (Å²) in [5.41, 5.74) is -30.2. The van der Waals surface area contributed by atoms with Crippen molar-refractivity contribution < 1.29 is 178 Å². The first kappa shape index (κ1) is 69.4. The van der Waals surface area contributed by atoms with E-state index in [0.717, 1.165) is 0 Å². The van der Waals surface area contributed by atoms with E-state index in [4.69, 9.17) is 42.6 Å². The molecule has 0 aliphatic carbocycles. The van der Waals surface area contributed by atoms with Crippen LogP contribution in [-0.4, -0.2) is 98.4 Å². The molecule has 4 aromatic carbocycles. The van der Waals surface area contributed by atoms with Crippen LogP contribution in [0, 0.1) is 0 Å². The van der Waals surface area contributed by atoms with Crippen LogP contribution >= 0.6 is 0 Å².